The van der Waals surface area contributed by atoms with E-state index in [1.165, 1.54) is 0 Å². The number of aliphatic hydroxyl groups is 1. The predicted molar refractivity (Wildman–Crippen MR) is 39.0 cm³/mol. The van der Waals surface area contributed by atoms with Crippen LogP contribution in [-0.2, 0) is 9.53 Å². The summed E-state index contributed by atoms with van der Waals surface area (Å²) in [5.41, 5.74) is 0. The molecule has 4 heteroatoms. The van der Waals surface area contributed by atoms with Crippen LogP contribution in [0.25, 0.3) is 0 Å². The molecule has 1 unspecified atom stereocenters. The number of carbonyl (C=O) groups is 1. The average Bonchev–Trinajstić information content (AvgIpc) is 2.48. The lowest BCUT2D eigenvalue weighted by atomic mass is 10.2. The fourth-order valence-corrected chi connectivity index (χ4v) is 1.13. The normalized spacial score (nSPS) is 30.6. The molecule has 1 aliphatic heterocycles. The Morgan fingerprint density at radius 3 is 3.09 bits per heavy atom. The van der Waals surface area contributed by atoms with Crippen LogP contribution in [-0.4, -0.2) is 36.9 Å². The lowest BCUT2D eigenvalue weighted by molar-refractivity contribution is -0.116. The van der Waals surface area contributed by atoms with Crippen molar-refractivity contribution in [2.45, 2.75) is 25.1 Å². The summed E-state index contributed by atoms with van der Waals surface area (Å²) in [7, 11) is 0. The maximum Gasteiger partial charge on any atom is 0.164 e. The molecule has 0 bridgehead atoms. The molecule has 0 amide bonds. The smallest absolute Gasteiger partial charge is 0.164 e. The third-order valence-corrected chi connectivity index (χ3v) is 1.71. The molecular formula is C7H13NO3. The van der Waals surface area contributed by atoms with Crippen molar-refractivity contribution < 1.29 is 14.6 Å². The summed E-state index contributed by atoms with van der Waals surface area (Å²) in [6, 6.07) is 0.234. The summed E-state index contributed by atoms with van der Waals surface area (Å²) in [6.07, 6.45) is 1.94. The van der Waals surface area contributed by atoms with E-state index >= 15 is 0 Å². The van der Waals surface area contributed by atoms with Crippen LogP contribution in [0.4, 0.5) is 0 Å². The Labute approximate surface area is 65.5 Å². The van der Waals surface area contributed by atoms with Gasteiger partial charge in [-0.3, -0.25) is 10.1 Å². The van der Waals surface area contributed by atoms with Gasteiger partial charge in [0.1, 0.15) is 0 Å². The van der Waals surface area contributed by atoms with Gasteiger partial charge in [-0.25, -0.2) is 0 Å². The first kappa shape index (κ1) is 8.64. The van der Waals surface area contributed by atoms with Crippen LogP contribution in [0.3, 0.4) is 0 Å². The van der Waals surface area contributed by atoms with Gasteiger partial charge in [-0.15, -0.1) is 0 Å². The topological polar surface area (TPSA) is 58.6 Å². The van der Waals surface area contributed by atoms with Gasteiger partial charge in [0.2, 0.25) is 0 Å². The van der Waals surface area contributed by atoms with Gasteiger partial charge < -0.3 is 9.84 Å². The quantitative estimate of drug-likeness (QED) is 0.531. The Hall–Kier alpha value is -0.450. The fourth-order valence-electron chi connectivity index (χ4n) is 1.13. The summed E-state index contributed by atoms with van der Waals surface area (Å²) in [5.74, 6) is 0. The van der Waals surface area contributed by atoms with Crippen LogP contribution in [0, 0.1) is 0 Å². The van der Waals surface area contributed by atoms with Crippen molar-refractivity contribution in [2.24, 2.45) is 0 Å². The maximum absolute atomic E-state index is 10.2. The summed E-state index contributed by atoms with van der Waals surface area (Å²) >= 11 is 0. The molecule has 0 aromatic rings. The number of hydrogen-bond donors (Lipinski definition) is 2. The molecule has 1 fully saturated rings. The lowest BCUT2D eigenvalue weighted by Gasteiger charge is -2.06. The zero-order chi connectivity index (χ0) is 8.10. The molecular weight excluding hydrogens is 146 g/mol. The van der Waals surface area contributed by atoms with Gasteiger partial charge in [-0.05, 0) is 12.8 Å². The van der Waals surface area contributed by atoms with E-state index in [0.717, 1.165) is 19.1 Å². The molecule has 1 heterocycles. The molecule has 4 nitrogen and oxygen atoms in total. The van der Waals surface area contributed by atoms with Crippen molar-refractivity contribution in [3.8, 4) is 0 Å². The van der Waals surface area contributed by atoms with Crippen molar-refractivity contribution in [1.29, 1.82) is 0 Å². The van der Waals surface area contributed by atoms with Crippen LogP contribution in [0.15, 0.2) is 0 Å². The molecule has 0 aliphatic carbocycles. The Morgan fingerprint density at radius 1 is 1.73 bits per heavy atom. The Kier molecular flexibility index (Phi) is 3.48. The van der Waals surface area contributed by atoms with Gasteiger partial charge in [0.25, 0.3) is 0 Å². The Bertz CT molecular complexity index is 129. The zero-order valence-corrected chi connectivity index (χ0v) is 6.32. The number of carbonyl (C=O) groups excluding carboxylic acids is 1. The van der Waals surface area contributed by atoms with Crippen LogP contribution in [0.5, 0.6) is 0 Å². The molecule has 0 saturated carbocycles. The largest absolute Gasteiger partial charge is 0.396 e. The van der Waals surface area contributed by atoms with E-state index in [1.54, 1.807) is 0 Å². The molecule has 0 radical (unpaired) electrons. The highest BCUT2D eigenvalue weighted by Gasteiger charge is 2.22. The third kappa shape index (κ3) is 2.57. The SMILES string of the molecule is O=CC1N[C@@H](CCCO)CO1. The summed E-state index contributed by atoms with van der Waals surface area (Å²) in [6.45, 7) is 0.771. The van der Waals surface area contributed by atoms with Crippen molar-refractivity contribution in [3.05, 3.63) is 0 Å². The van der Waals surface area contributed by atoms with E-state index in [9.17, 15) is 4.79 Å². The molecule has 0 spiro atoms. The summed E-state index contributed by atoms with van der Waals surface area (Å²) in [4.78, 5) is 10.2. The monoisotopic (exact) mass is 159 g/mol. The molecule has 0 aromatic carbocycles. The second-order valence-corrected chi connectivity index (χ2v) is 2.62. The molecule has 0 aromatic heterocycles. The van der Waals surface area contributed by atoms with Crippen molar-refractivity contribution in [2.75, 3.05) is 13.2 Å². The number of nitrogens with one attached hydrogen (secondary N) is 1. The fraction of sp³-hybridized carbons (Fsp3) is 0.857. The molecule has 2 N–H and O–H groups in total. The molecule has 1 saturated heterocycles. The number of aldehydes is 1. The molecule has 1 rings (SSSR count). The standard InChI is InChI=1S/C7H13NO3/c9-3-1-2-6-5-11-7(4-10)8-6/h4,6-9H,1-3,5H2/t6-,7?/m0/s1. The van der Waals surface area contributed by atoms with Gasteiger partial charge >= 0.3 is 0 Å². The average molecular weight is 159 g/mol. The van der Waals surface area contributed by atoms with Crippen LogP contribution < -0.4 is 5.32 Å². The number of rotatable bonds is 4. The second kappa shape index (κ2) is 4.43. The van der Waals surface area contributed by atoms with E-state index in [4.69, 9.17) is 9.84 Å². The van der Waals surface area contributed by atoms with Gasteiger partial charge in [0.15, 0.2) is 12.5 Å². The van der Waals surface area contributed by atoms with Gasteiger partial charge in [0, 0.05) is 12.6 Å². The molecule has 11 heavy (non-hydrogen) atoms. The van der Waals surface area contributed by atoms with E-state index < -0.39 is 6.23 Å². The molecule has 1 aliphatic rings. The predicted octanol–water partition coefficient (Wildman–Crippen LogP) is -0.728. The first-order valence-corrected chi connectivity index (χ1v) is 3.80. The van der Waals surface area contributed by atoms with Crippen LogP contribution in [0.1, 0.15) is 12.8 Å². The van der Waals surface area contributed by atoms with E-state index in [2.05, 4.69) is 5.32 Å². The van der Waals surface area contributed by atoms with Crippen molar-refractivity contribution in [3.63, 3.8) is 0 Å². The number of ether oxygens (including phenoxy) is 1. The van der Waals surface area contributed by atoms with Crippen molar-refractivity contribution in [1.82, 2.24) is 5.32 Å². The van der Waals surface area contributed by atoms with Gasteiger partial charge in [-0.2, -0.15) is 0 Å². The number of aliphatic hydroxyl groups excluding tert-OH is 1. The van der Waals surface area contributed by atoms with E-state index in [0.29, 0.717) is 6.61 Å². The van der Waals surface area contributed by atoms with E-state index in [1.807, 2.05) is 0 Å². The first-order valence-electron chi connectivity index (χ1n) is 3.80. The third-order valence-electron chi connectivity index (χ3n) is 1.71. The second-order valence-electron chi connectivity index (χ2n) is 2.62. The highest BCUT2D eigenvalue weighted by Crippen LogP contribution is 2.06. The lowest BCUT2D eigenvalue weighted by Crippen LogP contribution is -2.31. The summed E-state index contributed by atoms with van der Waals surface area (Å²) in [5, 5.41) is 11.5. The van der Waals surface area contributed by atoms with Crippen LogP contribution >= 0.6 is 0 Å². The summed E-state index contributed by atoms with van der Waals surface area (Å²) < 4.78 is 5.05. The first-order chi connectivity index (χ1) is 5.36. The minimum atomic E-state index is -0.432. The Morgan fingerprint density at radius 2 is 2.55 bits per heavy atom. The maximum atomic E-state index is 10.2. The minimum absolute atomic E-state index is 0.198. The highest BCUT2D eigenvalue weighted by molar-refractivity contribution is 5.55. The van der Waals surface area contributed by atoms with Crippen LogP contribution in [0.2, 0.25) is 0 Å². The highest BCUT2D eigenvalue weighted by atomic mass is 16.5. The molecule has 2 atom stereocenters. The number of hydrogen-bond acceptors (Lipinski definition) is 4. The zero-order valence-electron chi connectivity index (χ0n) is 6.32. The van der Waals surface area contributed by atoms with Gasteiger partial charge in [-0.1, -0.05) is 0 Å². The van der Waals surface area contributed by atoms with Crippen molar-refractivity contribution >= 4 is 6.29 Å². The minimum Gasteiger partial charge on any atom is -0.396 e. The molecule has 64 valence electrons. The van der Waals surface area contributed by atoms with E-state index in [-0.39, 0.29) is 12.6 Å². The Balaban J connectivity index is 2.14. The van der Waals surface area contributed by atoms with Gasteiger partial charge in [0.05, 0.1) is 6.61 Å².